The quantitative estimate of drug-likeness (QED) is 0.866. The summed E-state index contributed by atoms with van der Waals surface area (Å²) in [5, 5.41) is 3.44. The molecule has 3 nitrogen and oxygen atoms in total. The number of pyridine rings is 2. The third kappa shape index (κ3) is 4.10. The molecule has 0 aliphatic rings. The molecule has 0 saturated carbocycles. The predicted octanol–water partition coefficient (Wildman–Crippen LogP) is 2.90. The molecule has 2 heterocycles. The van der Waals surface area contributed by atoms with Gasteiger partial charge in [-0.15, -0.1) is 0 Å². The van der Waals surface area contributed by atoms with E-state index >= 15 is 0 Å². The summed E-state index contributed by atoms with van der Waals surface area (Å²) < 4.78 is 12.8. The van der Waals surface area contributed by atoms with E-state index in [9.17, 15) is 4.39 Å². The van der Waals surface area contributed by atoms with Gasteiger partial charge in [-0.25, -0.2) is 4.39 Å². The van der Waals surface area contributed by atoms with Crippen molar-refractivity contribution < 1.29 is 4.39 Å². The summed E-state index contributed by atoms with van der Waals surface area (Å²) >= 11 is 0. The van der Waals surface area contributed by atoms with E-state index in [4.69, 9.17) is 0 Å². The fourth-order valence-electron chi connectivity index (χ4n) is 1.99. The normalized spacial score (nSPS) is 12.3. The van der Waals surface area contributed by atoms with Gasteiger partial charge < -0.3 is 5.32 Å². The van der Waals surface area contributed by atoms with E-state index in [0.717, 1.165) is 25.1 Å². The average molecular weight is 259 g/mol. The Morgan fingerprint density at radius 2 is 2.16 bits per heavy atom. The molecule has 100 valence electrons. The van der Waals surface area contributed by atoms with Crippen molar-refractivity contribution in [2.75, 3.05) is 6.54 Å². The Balaban J connectivity index is 1.87. The Labute approximate surface area is 112 Å². The molecule has 19 heavy (non-hydrogen) atoms. The smallest absolute Gasteiger partial charge is 0.141 e. The van der Waals surface area contributed by atoms with Gasteiger partial charge in [-0.2, -0.15) is 0 Å². The second-order valence-electron chi connectivity index (χ2n) is 4.43. The van der Waals surface area contributed by atoms with E-state index in [1.54, 1.807) is 12.3 Å². The van der Waals surface area contributed by atoms with E-state index in [1.807, 2.05) is 12.3 Å². The molecule has 2 aromatic heterocycles. The highest BCUT2D eigenvalue weighted by Gasteiger charge is 2.09. The highest BCUT2D eigenvalue weighted by Crippen LogP contribution is 2.14. The van der Waals surface area contributed by atoms with Gasteiger partial charge in [-0.05, 0) is 43.1 Å². The minimum Gasteiger partial charge on any atom is -0.308 e. The van der Waals surface area contributed by atoms with Gasteiger partial charge >= 0.3 is 0 Å². The van der Waals surface area contributed by atoms with Crippen LogP contribution in [0.15, 0.2) is 42.9 Å². The van der Waals surface area contributed by atoms with Crippen molar-refractivity contribution in [3.05, 3.63) is 59.9 Å². The Morgan fingerprint density at radius 1 is 1.26 bits per heavy atom. The van der Waals surface area contributed by atoms with Crippen molar-refractivity contribution in [1.29, 1.82) is 0 Å². The van der Waals surface area contributed by atoms with E-state index in [0.29, 0.717) is 0 Å². The van der Waals surface area contributed by atoms with Crippen LogP contribution >= 0.6 is 0 Å². The molecule has 1 unspecified atom stereocenters. The maximum atomic E-state index is 12.8. The van der Waals surface area contributed by atoms with E-state index in [2.05, 4.69) is 28.3 Å². The zero-order valence-corrected chi connectivity index (χ0v) is 11.0. The Morgan fingerprint density at radius 3 is 2.79 bits per heavy atom. The fourth-order valence-corrected chi connectivity index (χ4v) is 1.99. The number of rotatable bonds is 6. The molecule has 1 atom stereocenters. The third-order valence-electron chi connectivity index (χ3n) is 3.04. The van der Waals surface area contributed by atoms with E-state index in [-0.39, 0.29) is 11.9 Å². The summed E-state index contributed by atoms with van der Waals surface area (Å²) in [6, 6.07) is 7.35. The summed E-state index contributed by atoms with van der Waals surface area (Å²) in [6.45, 7) is 2.94. The first kappa shape index (κ1) is 13.6. The Kier molecular flexibility index (Phi) is 4.98. The molecule has 0 spiro atoms. The van der Waals surface area contributed by atoms with Crippen LogP contribution in [0.3, 0.4) is 0 Å². The highest BCUT2D eigenvalue weighted by molar-refractivity contribution is 5.11. The van der Waals surface area contributed by atoms with Crippen LogP contribution in [0.5, 0.6) is 0 Å². The molecule has 0 saturated heterocycles. The molecule has 0 aromatic carbocycles. The van der Waals surface area contributed by atoms with Gasteiger partial charge in [0.15, 0.2) is 0 Å². The molecule has 0 aliphatic heterocycles. The zero-order valence-electron chi connectivity index (χ0n) is 11.0. The minimum absolute atomic E-state index is 0.164. The van der Waals surface area contributed by atoms with Crippen molar-refractivity contribution >= 4 is 0 Å². The molecule has 0 amide bonds. The SMILES string of the molecule is CCC(NCCc1cccnc1)c1ccc(F)cn1. The lowest BCUT2D eigenvalue weighted by Gasteiger charge is -2.16. The lowest BCUT2D eigenvalue weighted by Crippen LogP contribution is -2.24. The Hall–Kier alpha value is -1.81. The van der Waals surface area contributed by atoms with Gasteiger partial charge in [0.2, 0.25) is 0 Å². The lowest BCUT2D eigenvalue weighted by atomic mass is 10.1. The van der Waals surface area contributed by atoms with Crippen molar-refractivity contribution in [1.82, 2.24) is 15.3 Å². The number of halogens is 1. The standard InChI is InChI=1S/C15H18FN3/c1-2-14(15-6-5-13(16)11-19-15)18-9-7-12-4-3-8-17-10-12/h3-6,8,10-11,14,18H,2,7,9H2,1H3. The van der Waals surface area contributed by atoms with Crippen LogP contribution in [0.4, 0.5) is 4.39 Å². The summed E-state index contributed by atoms with van der Waals surface area (Å²) in [4.78, 5) is 8.21. The molecule has 0 aliphatic carbocycles. The third-order valence-corrected chi connectivity index (χ3v) is 3.04. The largest absolute Gasteiger partial charge is 0.308 e. The lowest BCUT2D eigenvalue weighted by molar-refractivity contribution is 0.507. The van der Waals surface area contributed by atoms with Gasteiger partial charge in [0.1, 0.15) is 5.82 Å². The van der Waals surface area contributed by atoms with Crippen LogP contribution in [-0.4, -0.2) is 16.5 Å². The molecule has 1 N–H and O–H groups in total. The van der Waals surface area contributed by atoms with E-state index in [1.165, 1.54) is 17.8 Å². The van der Waals surface area contributed by atoms with Gasteiger partial charge in [0, 0.05) is 18.4 Å². The fraction of sp³-hybridized carbons (Fsp3) is 0.333. The molecule has 0 bridgehead atoms. The maximum absolute atomic E-state index is 12.8. The summed E-state index contributed by atoms with van der Waals surface area (Å²) in [5.41, 5.74) is 2.09. The number of hydrogen-bond donors (Lipinski definition) is 1. The molecule has 2 rings (SSSR count). The van der Waals surface area contributed by atoms with Gasteiger partial charge in [-0.3, -0.25) is 9.97 Å². The highest BCUT2D eigenvalue weighted by atomic mass is 19.1. The number of nitrogens with zero attached hydrogens (tertiary/aromatic N) is 2. The summed E-state index contributed by atoms with van der Waals surface area (Å²) in [5.74, 6) is -0.297. The van der Waals surface area contributed by atoms with Crippen molar-refractivity contribution in [2.45, 2.75) is 25.8 Å². The molecule has 0 radical (unpaired) electrons. The first-order valence-corrected chi connectivity index (χ1v) is 6.53. The van der Waals surface area contributed by atoms with Crippen LogP contribution in [0.25, 0.3) is 0 Å². The first-order valence-electron chi connectivity index (χ1n) is 6.53. The topological polar surface area (TPSA) is 37.8 Å². The molecule has 2 aromatic rings. The average Bonchev–Trinajstić information content (AvgIpc) is 2.46. The van der Waals surface area contributed by atoms with Gasteiger partial charge in [-0.1, -0.05) is 13.0 Å². The summed E-state index contributed by atoms with van der Waals surface area (Å²) in [6.07, 6.45) is 6.75. The van der Waals surface area contributed by atoms with Crippen LogP contribution in [-0.2, 0) is 6.42 Å². The van der Waals surface area contributed by atoms with Crippen molar-refractivity contribution in [3.8, 4) is 0 Å². The second kappa shape index (κ2) is 6.95. The number of nitrogens with one attached hydrogen (secondary N) is 1. The minimum atomic E-state index is -0.297. The summed E-state index contributed by atoms with van der Waals surface area (Å²) in [7, 11) is 0. The van der Waals surface area contributed by atoms with Crippen LogP contribution < -0.4 is 5.32 Å². The van der Waals surface area contributed by atoms with Gasteiger partial charge in [0.05, 0.1) is 11.9 Å². The maximum Gasteiger partial charge on any atom is 0.141 e. The van der Waals surface area contributed by atoms with Crippen LogP contribution in [0.2, 0.25) is 0 Å². The zero-order chi connectivity index (χ0) is 13.5. The molecule has 4 heteroatoms. The monoisotopic (exact) mass is 259 g/mol. The van der Waals surface area contributed by atoms with Crippen LogP contribution in [0.1, 0.15) is 30.6 Å². The number of hydrogen-bond acceptors (Lipinski definition) is 3. The predicted molar refractivity (Wildman–Crippen MR) is 73.2 cm³/mol. The second-order valence-corrected chi connectivity index (χ2v) is 4.43. The first-order chi connectivity index (χ1) is 9.29. The van der Waals surface area contributed by atoms with Gasteiger partial charge in [0.25, 0.3) is 0 Å². The molecular formula is C15H18FN3. The molecular weight excluding hydrogens is 241 g/mol. The molecule has 0 fully saturated rings. The van der Waals surface area contributed by atoms with Crippen LogP contribution in [0, 0.1) is 5.82 Å². The van der Waals surface area contributed by atoms with Crippen molar-refractivity contribution in [3.63, 3.8) is 0 Å². The van der Waals surface area contributed by atoms with E-state index < -0.39 is 0 Å². The number of aromatic nitrogens is 2. The Bertz CT molecular complexity index is 485. The van der Waals surface area contributed by atoms with Crippen molar-refractivity contribution in [2.24, 2.45) is 0 Å².